The van der Waals surface area contributed by atoms with E-state index in [1.54, 1.807) is 7.11 Å². The maximum Gasteiger partial charge on any atom is 0.224 e. The molecule has 0 saturated carbocycles. The molecule has 2 atom stereocenters. The molecule has 2 saturated heterocycles. The molecule has 2 aliphatic rings. The van der Waals surface area contributed by atoms with Crippen molar-refractivity contribution in [2.75, 3.05) is 53.2 Å². The van der Waals surface area contributed by atoms with Gasteiger partial charge in [-0.1, -0.05) is 12.1 Å². The average Bonchev–Trinajstić information content (AvgIpc) is 3.18. The van der Waals surface area contributed by atoms with Gasteiger partial charge < -0.3 is 19.5 Å². The van der Waals surface area contributed by atoms with Crippen molar-refractivity contribution in [1.82, 2.24) is 10.2 Å². The summed E-state index contributed by atoms with van der Waals surface area (Å²) in [5.41, 5.74) is 0.991. The first-order chi connectivity index (χ1) is 12.3. The van der Waals surface area contributed by atoms with Crippen LogP contribution >= 0.6 is 0 Å². The van der Waals surface area contributed by atoms with Crippen LogP contribution in [-0.2, 0) is 20.7 Å². The molecule has 0 spiro atoms. The zero-order chi connectivity index (χ0) is 17.5. The number of rotatable bonds is 7. The van der Waals surface area contributed by atoms with Crippen LogP contribution in [0.25, 0.3) is 0 Å². The Morgan fingerprint density at radius 3 is 2.64 bits per heavy atom. The highest BCUT2D eigenvalue weighted by Crippen LogP contribution is 2.22. The van der Waals surface area contributed by atoms with Crippen LogP contribution in [0.2, 0.25) is 0 Å². The lowest BCUT2D eigenvalue weighted by Gasteiger charge is -2.37. The van der Waals surface area contributed by atoms with Crippen molar-refractivity contribution in [2.24, 2.45) is 5.92 Å². The summed E-state index contributed by atoms with van der Waals surface area (Å²) >= 11 is 0. The fourth-order valence-electron chi connectivity index (χ4n) is 3.57. The Labute approximate surface area is 149 Å². The lowest BCUT2D eigenvalue weighted by atomic mass is 9.96. The number of nitrogens with one attached hydrogen (secondary N) is 1. The van der Waals surface area contributed by atoms with E-state index in [0.717, 1.165) is 57.3 Å². The average molecular weight is 348 g/mol. The minimum Gasteiger partial charge on any atom is -0.497 e. The fraction of sp³-hybridized carbons (Fsp3) is 0.632. The molecule has 0 radical (unpaired) electrons. The second-order valence-corrected chi connectivity index (χ2v) is 6.67. The van der Waals surface area contributed by atoms with E-state index in [1.165, 1.54) is 0 Å². The van der Waals surface area contributed by atoms with Gasteiger partial charge in [-0.15, -0.1) is 0 Å². The van der Waals surface area contributed by atoms with Crippen molar-refractivity contribution >= 4 is 5.91 Å². The number of carbonyl (C=O) groups excluding carboxylic acids is 1. The zero-order valence-corrected chi connectivity index (χ0v) is 14.9. The number of hydrogen-bond acceptors (Lipinski definition) is 5. The molecule has 3 rings (SSSR count). The van der Waals surface area contributed by atoms with Gasteiger partial charge in [-0.3, -0.25) is 9.69 Å². The van der Waals surface area contributed by atoms with Crippen molar-refractivity contribution in [2.45, 2.75) is 18.9 Å². The Morgan fingerprint density at radius 1 is 1.24 bits per heavy atom. The minimum atomic E-state index is 0.0577. The summed E-state index contributed by atoms with van der Waals surface area (Å²) in [5, 5.41) is 3.13. The molecule has 1 N–H and O–H groups in total. The molecule has 2 aliphatic heterocycles. The van der Waals surface area contributed by atoms with E-state index in [1.807, 2.05) is 24.3 Å². The molecule has 2 heterocycles. The first-order valence-electron chi connectivity index (χ1n) is 9.05. The SMILES string of the molecule is COc1ccc(CC(=O)NC[C@@H]([C@H]2CCOC2)N2CCOCC2)cc1. The molecule has 0 aromatic heterocycles. The molecule has 25 heavy (non-hydrogen) atoms. The molecule has 6 nitrogen and oxygen atoms in total. The smallest absolute Gasteiger partial charge is 0.224 e. The van der Waals surface area contributed by atoms with E-state index in [4.69, 9.17) is 14.2 Å². The van der Waals surface area contributed by atoms with Gasteiger partial charge in [-0.25, -0.2) is 0 Å². The van der Waals surface area contributed by atoms with Crippen molar-refractivity contribution in [1.29, 1.82) is 0 Å². The Kier molecular flexibility index (Phi) is 6.67. The Morgan fingerprint density at radius 2 is 2.00 bits per heavy atom. The summed E-state index contributed by atoms with van der Waals surface area (Å²) in [6.45, 7) is 5.67. The predicted molar refractivity (Wildman–Crippen MR) is 94.8 cm³/mol. The molecule has 138 valence electrons. The van der Waals surface area contributed by atoms with Crippen LogP contribution in [0.4, 0.5) is 0 Å². The molecule has 1 amide bonds. The first-order valence-corrected chi connectivity index (χ1v) is 9.05. The van der Waals surface area contributed by atoms with Crippen molar-refractivity contribution in [3.63, 3.8) is 0 Å². The standard InChI is InChI=1S/C19H28N2O4/c1-23-17-4-2-15(3-5-17)12-19(22)20-13-18(16-6-9-25-14-16)21-7-10-24-11-8-21/h2-5,16,18H,6-14H2,1H3,(H,20,22)/t16-,18-/m0/s1. The lowest BCUT2D eigenvalue weighted by Crippen LogP contribution is -2.52. The second kappa shape index (κ2) is 9.17. The van der Waals surface area contributed by atoms with Gasteiger partial charge in [0.15, 0.2) is 0 Å². The largest absolute Gasteiger partial charge is 0.497 e. The third-order valence-electron chi connectivity index (χ3n) is 5.06. The van der Waals surface area contributed by atoms with Crippen molar-refractivity contribution < 1.29 is 19.0 Å². The number of carbonyl (C=O) groups is 1. The zero-order valence-electron chi connectivity index (χ0n) is 14.9. The Hall–Kier alpha value is -1.63. The second-order valence-electron chi connectivity index (χ2n) is 6.67. The summed E-state index contributed by atoms with van der Waals surface area (Å²) in [4.78, 5) is 14.8. The Bertz CT molecular complexity index is 537. The summed E-state index contributed by atoms with van der Waals surface area (Å²) < 4.78 is 16.2. The molecule has 6 heteroatoms. The quantitative estimate of drug-likeness (QED) is 0.799. The van der Waals surface area contributed by atoms with Crippen molar-refractivity contribution in [3.05, 3.63) is 29.8 Å². The van der Waals surface area contributed by atoms with Gasteiger partial charge in [0.2, 0.25) is 5.91 Å². The number of benzene rings is 1. The maximum absolute atomic E-state index is 12.4. The van der Waals surface area contributed by atoms with Gasteiger partial charge in [-0.2, -0.15) is 0 Å². The number of morpholine rings is 1. The highest BCUT2D eigenvalue weighted by molar-refractivity contribution is 5.78. The number of nitrogens with zero attached hydrogens (tertiary/aromatic N) is 1. The summed E-state index contributed by atoms with van der Waals surface area (Å²) in [7, 11) is 1.64. The highest BCUT2D eigenvalue weighted by atomic mass is 16.5. The molecule has 2 fully saturated rings. The van der Waals surface area contributed by atoms with E-state index < -0.39 is 0 Å². The van der Waals surface area contributed by atoms with Gasteiger partial charge in [-0.05, 0) is 24.1 Å². The van der Waals surface area contributed by atoms with Gasteiger partial charge >= 0.3 is 0 Å². The summed E-state index contributed by atoms with van der Waals surface area (Å²) in [6.07, 6.45) is 1.46. The number of hydrogen-bond donors (Lipinski definition) is 1. The van der Waals surface area contributed by atoms with E-state index in [9.17, 15) is 4.79 Å². The molecular weight excluding hydrogens is 320 g/mol. The van der Waals surface area contributed by atoms with E-state index in [2.05, 4.69) is 10.2 Å². The molecule has 0 bridgehead atoms. The van der Waals surface area contributed by atoms with E-state index in [0.29, 0.717) is 24.9 Å². The van der Waals surface area contributed by atoms with Crippen LogP contribution in [0.3, 0.4) is 0 Å². The molecule has 0 aliphatic carbocycles. The van der Waals surface area contributed by atoms with Gasteiger partial charge in [0.1, 0.15) is 5.75 Å². The Balaban J connectivity index is 1.52. The monoisotopic (exact) mass is 348 g/mol. The minimum absolute atomic E-state index is 0.0577. The molecule has 1 aromatic carbocycles. The third kappa shape index (κ3) is 5.17. The van der Waals surface area contributed by atoms with E-state index in [-0.39, 0.29) is 5.91 Å². The molecule has 1 aromatic rings. The van der Waals surface area contributed by atoms with Gasteiger partial charge in [0.05, 0.1) is 33.4 Å². The molecular formula is C19H28N2O4. The predicted octanol–water partition coefficient (Wildman–Crippen LogP) is 1.09. The van der Waals surface area contributed by atoms with Crippen molar-refractivity contribution in [3.8, 4) is 5.75 Å². The van der Waals surface area contributed by atoms with Crippen LogP contribution < -0.4 is 10.1 Å². The lowest BCUT2D eigenvalue weighted by molar-refractivity contribution is -0.120. The third-order valence-corrected chi connectivity index (χ3v) is 5.06. The topological polar surface area (TPSA) is 60.0 Å². The maximum atomic E-state index is 12.4. The van der Waals surface area contributed by atoms with Gasteiger partial charge in [0.25, 0.3) is 0 Å². The first kappa shape index (κ1) is 18.2. The van der Waals surface area contributed by atoms with Crippen LogP contribution in [0.15, 0.2) is 24.3 Å². The fourth-order valence-corrected chi connectivity index (χ4v) is 3.57. The molecule has 0 unspecified atom stereocenters. The van der Waals surface area contributed by atoms with Gasteiger partial charge in [0, 0.05) is 38.2 Å². The number of ether oxygens (including phenoxy) is 3. The van der Waals surface area contributed by atoms with Crippen LogP contribution in [-0.4, -0.2) is 70.0 Å². The summed E-state index contributed by atoms with van der Waals surface area (Å²) in [5.74, 6) is 1.35. The highest BCUT2D eigenvalue weighted by Gasteiger charge is 2.31. The van der Waals surface area contributed by atoms with Crippen LogP contribution in [0.5, 0.6) is 5.75 Å². The van der Waals surface area contributed by atoms with Crippen LogP contribution in [0, 0.1) is 5.92 Å². The number of amides is 1. The van der Waals surface area contributed by atoms with E-state index >= 15 is 0 Å². The normalized spacial score (nSPS) is 22.5. The number of methoxy groups -OCH3 is 1. The summed E-state index contributed by atoms with van der Waals surface area (Å²) in [6, 6.07) is 7.96. The van der Waals surface area contributed by atoms with Crippen LogP contribution in [0.1, 0.15) is 12.0 Å².